The first kappa shape index (κ1) is 11.0. The molecule has 0 unspecified atom stereocenters. The topological polar surface area (TPSA) is 0 Å². The van der Waals surface area contributed by atoms with Gasteiger partial charge in [0.2, 0.25) is 0 Å². The first-order chi connectivity index (χ1) is 5.61. The summed E-state index contributed by atoms with van der Waals surface area (Å²) in [6.45, 7) is 13.8. The van der Waals surface area contributed by atoms with E-state index in [-0.39, 0.29) is 0 Å². The van der Waals surface area contributed by atoms with Crippen LogP contribution < -0.4 is 0 Å². The summed E-state index contributed by atoms with van der Waals surface area (Å²) < 4.78 is 0. The molecule has 66 valence electrons. The lowest BCUT2D eigenvalue weighted by molar-refractivity contribution is 1.11. The van der Waals surface area contributed by atoms with E-state index in [1.165, 1.54) is 11.1 Å². The van der Waals surface area contributed by atoms with Gasteiger partial charge >= 0.3 is 0 Å². The van der Waals surface area contributed by atoms with Crippen molar-refractivity contribution in [1.29, 1.82) is 0 Å². The van der Waals surface area contributed by atoms with Crippen LogP contribution in [-0.4, -0.2) is 0 Å². The summed E-state index contributed by atoms with van der Waals surface area (Å²) in [4.78, 5) is 0. The predicted octanol–water partition coefficient (Wildman–Crippen LogP) is 4.03. The Hall–Kier alpha value is -1.04. The lowest BCUT2D eigenvalue weighted by Gasteiger charge is -2.05. The van der Waals surface area contributed by atoms with Gasteiger partial charge in [-0.1, -0.05) is 42.5 Å². The van der Waals surface area contributed by atoms with E-state index in [9.17, 15) is 0 Å². The maximum atomic E-state index is 3.92. The van der Waals surface area contributed by atoms with E-state index in [4.69, 9.17) is 0 Å². The molecule has 0 aromatic rings. The van der Waals surface area contributed by atoms with Crippen molar-refractivity contribution in [2.24, 2.45) is 0 Å². The van der Waals surface area contributed by atoms with Gasteiger partial charge in [0, 0.05) is 0 Å². The third kappa shape index (κ3) is 3.97. The molecule has 0 fully saturated rings. The van der Waals surface area contributed by atoms with Crippen LogP contribution in [0.3, 0.4) is 0 Å². The van der Waals surface area contributed by atoms with Crippen LogP contribution in [0.15, 0.2) is 48.1 Å². The van der Waals surface area contributed by atoms with E-state index < -0.39 is 0 Å². The highest BCUT2D eigenvalue weighted by molar-refractivity contribution is 5.30. The summed E-state index contributed by atoms with van der Waals surface area (Å²) in [5, 5.41) is 0. The molecule has 0 N–H and O–H groups in total. The average Bonchev–Trinajstić information content (AvgIpc) is 2.00. The van der Waals surface area contributed by atoms with Gasteiger partial charge in [0.1, 0.15) is 0 Å². The Morgan fingerprint density at radius 1 is 1.33 bits per heavy atom. The molecule has 0 aliphatic carbocycles. The van der Waals surface area contributed by atoms with Gasteiger partial charge < -0.3 is 0 Å². The fourth-order valence-corrected chi connectivity index (χ4v) is 1.06. The highest BCUT2D eigenvalue weighted by atomic mass is 14.0. The van der Waals surface area contributed by atoms with E-state index in [2.05, 4.69) is 26.2 Å². The van der Waals surface area contributed by atoms with Crippen LogP contribution in [0, 0.1) is 0 Å². The van der Waals surface area contributed by atoms with E-state index in [1.54, 1.807) is 0 Å². The number of hydrogen-bond acceptors (Lipinski definition) is 0. The third-order valence-electron chi connectivity index (χ3n) is 1.77. The first-order valence-corrected chi connectivity index (χ1v) is 4.21. The second-order valence-electron chi connectivity index (χ2n) is 3.02. The molecule has 0 aliphatic rings. The molecule has 0 saturated heterocycles. The normalized spacial score (nSPS) is 12.9. The van der Waals surface area contributed by atoms with Crippen LogP contribution in [-0.2, 0) is 0 Å². The van der Waals surface area contributed by atoms with Gasteiger partial charge in [0.15, 0.2) is 0 Å². The largest absolute Gasteiger partial charge is 0.0991 e. The zero-order valence-electron chi connectivity index (χ0n) is 8.35. The molecular weight excluding hydrogens is 144 g/mol. The smallest absolute Gasteiger partial charge is 0.00676 e. The maximum absolute atomic E-state index is 3.92. The molecule has 0 saturated carbocycles. The molecule has 0 radical (unpaired) electrons. The number of hydrogen-bond donors (Lipinski definition) is 0. The average molecular weight is 162 g/mol. The summed E-state index contributed by atoms with van der Waals surface area (Å²) in [5.41, 5.74) is 3.78. The highest BCUT2D eigenvalue weighted by Crippen LogP contribution is 2.16. The summed E-state index contributed by atoms with van der Waals surface area (Å²) in [5.74, 6) is 0. The van der Waals surface area contributed by atoms with Gasteiger partial charge in [-0.3, -0.25) is 0 Å². The number of allylic oxidation sites excluding steroid dienone is 6. The Kier molecular flexibility index (Phi) is 5.11. The van der Waals surface area contributed by atoms with Crippen LogP contribution in [0.2, 0.25) is 0 Å². The summed E-state index contributed by atoms with van der Waals surface area (Å²) in [6, 6.07) is 0. The van der Waals surface area contributed by atoms with Crippen LogP contribution >= 0.6 is 0 Å². The van der Waals surface area contributed by atoms with Gasteiger partial charge in [-0.05, 0) is 32.8 Å². The minimum absolute atomic E-state index is 0.984. The predicted molar refractivity (Wildman–Crippen MR) is 57.1 cm³/mol. The van der Waals surface area contributed by atoms with Crippen LogP contribution in [0.5, 0.6) is 0 Å². The first-order valence-electron chi connectivity index (χ1n) is 4.21. The fraction of sp³-hybridized carbons (Fsp3) is 0.333. The van der Waals surface area contributed by atoms with Crippen LogP contribution in [0.1, 0.15) is 27.2 Å². The Labute approximate surface area is 76.0 Å². The summed E-state index contributed by atoms with van der Waals surface area (Å²) >= 11 is 0. The molecule has 0 heteroatoms. The molecule has 0 bridgehead atoms. The number of rotatable bonds is 4. The Morgan fingerprint density at radius 2 is 1.92 bits per heavy atom. The van der Waals surface area contributed by atoms with Crippen molar-refractivity contribution in [3.05, 3.63) is 48.1 Å². The Morgan fingerprint density at radius 3 is 2.25 bits per heavy atom. The van der Waals surface area contributed by atoms with E-state index in [0.717, 1.165) is 12.0 Å². The molecule has 0 amide bonds. The minimum Gasteiger partial charge on any atom is -0.0991 e. The van der Waals surface area contributed by atoms with Crippen molar-refractivity contribution in [2.45, 2.75) is 27.2 Å². The van der Waals surface area contributed by atoms with Crippen molar-refractivity contribution < 1.29 is 0 Å². The zero-order chi connectivity index (χ0) is 9.56. The maximum Gasteiger partial charge on any atom is -0.00676 e. The van der Waals surface area contributed by atoms with E-state index >= 15 is 0 Å². The highest BCUT2D eigenvalue weighted by Gasteiger charge is 1.96. The second kappa shape index (κ2) is 5.59. The Balaban J connectivity index is 4.33. The van der Waals surface area contributed by atoms with Crippen molar-refractivity contribution in [3.8, 4) is 0 Å². The lowest BCUT2D eigenvalue weighted by Crippen LogP contribution is -1.85. The van der Waals surface area contributed by atoms with Gasteiger partial charge in [-0.15, -0.1) is 0 Å². The molecule has 0 heterocycles. The monoisotopic (exact) mass is 162 g/mol. The molecule has 0 aromatic carbocycles. The van der Waals surface area contributed by atoms with E-state index in [0.29, 0.717) is 0 Å². The van der Waals surface area contributed by atoms with Gasteiger partial charge in [-0.2, -0.15) is 0 Å². The third-order valence-corrected chi connectivity index (χ3v) is 1.77. The van der Waals surface area contributed by atoms with Crippen LogP contribution in [0.4, 0.5) is 0 Å². The molecule has 0 aliphatic heterocycles. The van der Waals surface area contributed by atoms with Gasteiger partial charge in [-0.25, -0.2) is 0 Å². The zero-order valence-corrected chi connectivity index (χ0v) is 8.35. The molecule has 12 heavy (non-hydrogen) atoms. The molecule has 0 nitrogen and oxygen atoms in total. The van der Waals surface area contributed by atoms with Crippen molar-refractivity contribution in [2.75, 3.05) is 0 Å². The van der Waals surface area contributed by atoms with Crippen molar-refractivity contribution in [1.82, 2.24) is 0 Å². The lowest BCUT2D eigenvalue weighted by atomic mass is 10.0. The summed E-state index contributed by atoms with van der Waals surface area (Å²) in [6.07, 6.45) is 6.95. The standard InChI is InChI=1S/C12H18/c1-6-8-11(5)9-12(7-2)10(3)4/h6-8H,1,3,9H2,2,4-5H3/b11-8-,12-7+. The summed E-state index contributed by atoms with van der Waals surface area (Å²) in [7, 11) is 0. The van der Waals surface area contributed by atoms with Gasteiger partial charge in [0.05, 0.1) is 0 Å². The molecule has 0 aromatic heterocycles. The quantitative estimate of drug-likeness (QED) is 0.547. The van der Waals surface area contributed by atoms with E-state index in [1.807, 2.05) is 26.0 Å². The van der Waals surface area contributed by atoms with Crippen molar-refractivity contribution in [3.63, 3.8) is 0 Å². The van der Waals surface area contributed by atoms with Crippen LogP contribution in [0.25, 0.3) is 0 Å². The Bertz CT molecular complexity index is 226. The molecule has 0 rings (SSSR count). The SMILES string of the molecule is C=C/C=C(/C)C/C(=C\C)C(=C)C. The molecule has 0 atom stereocenters. The minimum atomic E-state index is 0.984. The second-order valence-corrected chi connectivity index (χ2v) is 3.02. The molecule has 0 spiro atoms. The van der Waals surface area contributed by atoms with Crippen molar-refractivity contribution >= 4 is 0 Å². The molecular formula is C12H18. The fourth-order valence-electron chi connectivity index (χ4n) is 1.06. The van der Waals surface area contributed by atoms with Gasteiger partial charge in [0.25, 0.3) is 0 Å².